The van der Waals surface area contributed by atoms with Gasteiger partial charge < -0.3 is 14.4 Å². The largest absolute Gasteiger partial charge is 0.493 e. The van der Waals surface area contributed by atoms with Crippen molar-refractivity contribution in [3.8, 4) is 5.75 Å². The molecule has 2 rings (SSSR count). The Morgan fingerprint density at radius 2 is 2.14 bits per heavy atom. The number of carboxylic acids is 1. The van der Waals surface area contributed by atoms with Gasteiger partial charge >= 0.3 is 5.97 Å². The number of nitrogens with zero attached hydrogens (tertiary/aromatic N) is 1. The van der Waals surface area contributed by atoms with Crippen LogP contribution in [0.15, 0.2) is 29.3 Å². The van der Waals surface area contributed by atoms with Crippen LogP contribution in [-0.4, -0.2) is 30.7 Å². The van der Waals surface area contributed by atoms with Crippen LogP contribution in [-0.2, 0) is 20.4 Å². The summed E-state index contributed by atoms with van der Waals surface area (Å²) in [5.41, 5.74) is 0.449. The fourth-order valence-electron chi connectivity index (χ4n) is 2.08. The predicted octanol–water partition coefficient (Wildman–Crippen LogP) is 2.44. The van der Waals surface area contributed by atoms with Crippen LogP contribution in [0.2, 0.25) is 0 Å². The molecule has 0 saturated carbocycles. The summed E-state index contributed by atoms with van der Waals surface area (Å²) in [5.74, 6) is -0.706. The number of ether oxygens (including phenoxy) is 1. The first kappa shape index (κ1) is 15.7. The quantitative estimate of drug-likeness (QED) is 0.822. The smallest absolute Gasteiger partial charge is 0.323 e. The van der Waals surface area contributed by atoms with Crippen molar-refractivity contribution in [1.29, 1.82) is 0 Å². The van der Waals surface area contributed by atoms with Gasteiger partial charge in [0.15, 0.2) is 0 Å². The summed E-state index contributed by atoms with van der Waals surface area (Å²) in [6, 6.07) is 4.94. The number of carboxylic acid groups (broad SMARTS) is 1. The Labute approximate surface area is 126 Å². The number of rotatable bonds is 6. The third kappa shape index (κ3) is 3.30. The Kier molecular flexibility index (Phi) is 4.43. The zero-order chi connectivity index (χ0) is 15.6. The van der Waals surface area contributed by atoms with E-state index in [2.05, 4.69) is 0 Å². The summed E-state index contributed by atoms with van der Waals surface area (Å²) in [4.78, 5) is 10.7. The molecule has 1 aromatic carbocycles. The molecule has 1 N–H and O–H groups in total. The maximum Gasteiger partial charge on any atom is 0.323 e. The Hall–Kier alpha value is -1.73. The third-order valence-electron chi connectivity index (χ3n) is 2.86. The van der Waals surface area contributed by atoms with Crippen molar-refractivity contribution >= 4 is 36.6 Å². The van der Waals surface area contributed by atoms with Crippen molar-refractivity contribution in [3.63, 3.8) is 0 Å². The molecule has 0 aliphatic rings. The van der Waals surface area contributed by atoms with Crippen LogP contribution in [0, 0.1) is 0 Å². The van der Waals surface area contributed by atoms with Crippen molar-refractivity contribution < 1.29 is 23.1 Å². The van der Waals surface area contributed by atoms with Gasteiger partial charge in [-0.25, -0.2) is 8.42 Å². The molecular formula is C13H14ClNO5S. The molecule has 0 amide bonds. The number of halogens is 1. The number of benzene rings is 1. The highest BCUT2D eigenvalue weighted by atomic mass is 35.7. The SMILES string of the molecule is CCCOc1cccc2c1c(S(=O)(=O)Cl)cn2CC(=O)O. The molecule has 0 radical (unpaired) electrons. The Morgan fingerprint density at radius 1 is 1.43 bits per heavy atom. The number of aliphatic carboxylic acids is 1. The summed E-state index contributed by atoms with van der Waals surface area (Å²) in [6.45, 7) is 1.99. The van der Waals surface area contributed by atoms with Crippen molar-refractivity contribution in [3.05, 3.63) is 24.4 Å². The molecule has 1 aromatic heterocycles. The second-order valence-corrected chi connectivity index (χ2v) is 6.99. The minimum Gasteiger partial charge on any atom is -0.493 e. The van der Waals surface area contributed by atoms with Gasteiger partial charge in [0.25, 0.3) is 9.05 Å². The molecule has 6 nitrogen and oxygen atoms in total. The van der Waals surface area contributed by atoms with Gasteiger partial charge in [0.1, 0.15) is 17.2 Å². The highest BCUT2D eigenvalue weighted by Crippen LogP contribution is 2.35. The standard InChI is InChI=1S/C13H14ClNO5S/c1-2-6-20-10-5-3-4-9-13(10)11(21(14,18)19)7-15(9)8-12(16)17/h3-5,7H,2,6,8H2,1H3,(H,16,17). The zero-order valence-electron chi connectivity index (χ0n) is 11.2. The summed E-state index contributed by atoms with van der Waals surface area (Å²) < 4.78 is 30.3. The lowest BCUT2D eigenvalue weighted by Gasteiger charge is -2.07. The second kappa shape index (κ2) is 5.95. The average Bonchev–Trinajstić information content (AvgIpc) is 2.75. The number of hydrogen-bond donors (Lipinski definition) is 1. The maximum atomic E-state index is 11.7. The first-order valence-electron chi connectivity index (χ1n) is 6.25. The molecule has 8 heteroatoms. The number of carbonyl (C=O) groups is 1. The minimum atomic E-state index is -4.01. The van der Waals surface area contributed by atoms with Crippen molar-refractivity contribution in [2.45, 2.75) is 24.8 Å². The van der Waals surface area contributed by atoms with Gasteiger partial charge in [-0.3, -0.25) is 4.79 Å². The minimum absolute atomic E-state index is 0.146. The predicted molar refractivity (Wildman–Crippen MR) is 78.4 cm³/mol. The summed E-state index contributed by atoms with van der Waals surface area (Å²) in [5, 5.41) is 9.22. The summed E-state index contributed by atoms with van der Waals surface area (Å²) >= 11 is 0. The molecule has 0 aliphatic heterocycles. The lowest BCUT2D eigenvalue weighted by atomic mass is 10.2. The van der Waals surface area contributed by atoms with Crippen LogP contribution in [0.1, 0.15) is 13.3 Å². The van der Waals surface area contributed by atoms with E-state index < -0.39 is 15.0 Å². The highest BCUT2D eigenvalue weighted by molar-refractivity contribution is 8.14. The molecule has 21 heavy (non-hydrogen) atoms. The first-order chi connectivity index (χ1) is 9.84. The Bertz CT molecular complexity index is 781. The number of hydrogen-bond acceptors (Lipinski definition) is 4. The molecule has 114 valence electrons. The summed E-state index contributed by atoms with van der Waals surface area (Å²) in [7, 11) is 1.44. The second-order valence-electron chi connectivity index (χ2n) is 4.45. The van der Waals surface area contributed by atoms with Gasteiger partial charge in [0, 0.05) is 16.9 Å². The lowest BCUT2D eigenvalue weighted by molar-refractivity contribution is -0.137. The van der Waals surface area contributed by atoms with E-state index in [0.717, 1.165) is 6.42 Å². The van der Waals surface area contributed by atoms with E-state index in [4.69, 9.17) is 20.5 Å². The van der Waals surface area contributed by atoms with Crippen LogP contribution in [0.4, 0.5) is 0 Å². The van der Waals surface area contributed by atoms with E-state index in [1.807, 2.05) is 6.92 Å². The molecule has 0 fully saturated rings. The average molecular weight is 332 g/mol. The highest BCUT2D eigenvalue weighted by Gasteiger charge is 2.22. The van der Waals surface area contributed by atoms with Gasteiger partial charge in [-0.05, 0) is 18.6 Å². The van der Waals surface area contributed by atoms with E-state index in [1.165, 1.54) is 10.8 Å². The van der Waals surface area contributed by atoms with Gasteiger partial charge in [-0.15, -0.1) is 0 Å². The van der Waals surface area contributed by atoms with E-state index in [-0.39, 0.29) is 11.4 Å². The summed E-state index contributed by atoms with van der Waals surface area (Å²) in [6.07, 6.45) is 1.98. The monoisotopic (exact) mass is 331 g/mol. The molecule has 0 spiro atoms. The fourth-order valence-corrected chi connectivity index (χ4v) is 3.13. The maximum absolute atomic E-state index is 11.7. The van der Waals surface area contributed by atoms with E-state index in [9.17, 15) is 13.2 Å². The number of fused-ring (bicyclic) bond motifs is 1. The van der Waals surface area contributed by atoms with Crippen molar-refractivity contribution in [2.24, 2.45) is 0 Å². The lowest BCUT2D eigenvalue weighted by Crippen LogP contribution is -2.07. The van der Waals surface area contributed by atoms with Crippen LogP contribution in [0.5, 0.6) is 5.75 Å². The topological polar surface area (TPSA) is 85.6 Å². The Morgan fingerprint density at radius 3 is 2.71 bits per heavy atom. The molecule has 0 atom stereocenters. The molecule has 2 aromatic rings. The molecule has 0 bridgehead atoms. The van der Waals surface area contributed by atoms with E-state index in [0.29, 0.717) is 23.3 Å². The molecular weight excluding hydrogens is 318 g/mol. The number of aromatic nitrogens is 1. The molecule has 0 saturated heterocycles. The van der Waals surface area contributed by atoms with Gasteiger partial charge in [0.2, 0.25) is 0 Å². The first-order valence-corrected chi connectivity index (χ1v) is 8.56. The van der Waals surface area contributed by atoms with Crippen molar-refractivity contribution in [2.75, 3.05) is 6.61 Å². The van der Waals surface area contributed by atoms with Crippen LogP contribution < -0.4 is 4.74 Å². The molecule has 0 aliphatic carbocycles. The Balaban J connectivity index is 2.72. The van der Waals surface area contributed by atoms with Gasteiger partial charge in [-0.1, -0.05) is 13.0 Å². The van der Waals surface area contributed by atoms with Gasteiger partial charge in [0.05, 0.1) is 17.5 Å². The van der Waals surface area contributed by atoms with E-state index >= 15 is 0 Å². The fraction of sp³-hybridized carbons (Fsp3) is 0.308. The van der Waals surface area contributed by atoms with Crippen LogP contribution in [0.25, 0.3) is 10.9 Å². The molecule has 0 unspecified atom stereocenters. The molecule has 1 heterocycles. The van der Waals surface area contributed by atoms with Crippen LogP contribution >= 0.6 is 10.7 Å². The van der Waals surface area contributed by atoms with E-state index in [1.54, 1.807) is 18.2 Å². The van der Waals surface area contributed by atoms with Crippen molar-refractivity contribution in [1.82, 2.24) is 4.57 Å². The van der Waals surface area contributed by atoms with Gasteiger partial charge in [-0.2, -0.15) is 0 Å². The third-order valence-corrected chi connectivity index (χ3v) is 4.20. The normalized spacial score (nSPS) is 11.7. The zero-order valence-corrected chi connectivity index (χ0v) is 12.8. The van der Waals surface area contributed by atoms with Crippen LogP contribution in [0.3, 0.4) is 0 Å².